The van der Waals surface area contributed by atoms with E-state index < -0.39 is 0 Å². The molecule has 1 aromatic carbocycles. The topological polar surface area (TPSA) is 67.9 Å². The van der Waals surface area contributed by atoms with E-state index in [1.54, 1.807) is 23.1 Å². The second-order valence-corrected chi connectivity index (χ2v) is 5.28. The molecule has 4 nitrogen and oxygen atoms in total. The van der Waals surface area contributed by atoms with Crippen molar-refractivity contribution >= 4 is 29.1 Å². The van der Waals surface area contributed by atoms with Crippen LogP contribution in [0, 0.1) is 22.7 Å². The summed E-state index contributed by atoms with van der Waals surface area (Å²) in [7, 11) is 0. The predicted molar refractivity (Wildman–Crippen MR) is 81.8 cm³/mol. The van der Waals surface area contributed by atoms with Crippen molar-refractivity contribution in [1.82, 2.24) is 4.90 Å². The number of hydrogen-bond acceptors (Lipinski definition) is 3. The van der Waals surface area contributed by atoms with Gasteiger partial charge in [-0.3, -0.25) is 4.79 Å². The van der Waals surface area contributed by atoms with Gasteiger partial charge in [0.05, 0.1) is 25.0 Å². The Labute approximate surface area is 134 Å². The third kappa shape index (κ3) is 6.04. The van der Waals surface area contributed by atoms with Crippen LogP contribution < -0.4 is 0 Å². The number of nitriles is 2. The Morgan fingerprint density at radius 3 is 2.29 bits per heavy atom. The molecular weight excluding hydrogens is 309 g/mol. The average Bonchev–Trinajstić information content (AvgIpc) is 2.46. The van der Waals surface area contributed by atoms with E-state index in [0.29, 0.717) is 29.6 Å². The third-order valence-corrected chi connectivity index (χ3v) is 3.55. The molecule has 0 aliphatic heterocycles. The molecule has 0 bridgehead atoms. The van der Waals surface area contributed by atoms with E-state index in [1.807, 2.05) is 12.1 Å². The Morgan fingerprint density at radius 2 is 1.76 bits per heavy atom. The molecule has 0 atom stereocenters. The number of carbonyl (C=O) groups excluding carboxylic acids is 1. The zero-order chi connectivity index (χ0) is 15.7. The molecule has 0 aliphatic carbocycles. The van der Waals surface area contributed by atoms with Crippen LogP contribution in [-0.2, 0) is 11.2 Å². The minimum atomic E-state index is -0.0773. The van der Waals surface area contributed by atoms with Crippen LogP contribution >= 0.6 is 23.2 Å². The molecule has 0 spiro atoms. The standard InChI is InChI=1S/C15H15Cl2N3O/c16-13-5-3-12(14(17)11-13)4-6-15(21)20(9-1-7-18)10-2-8-19/h3,5,11H,1-2,4,6,9-10H2. The van der Waals surface area contributed by atoms with Crippen molar-refractivity contribution in [2.75, 3.05) is 13.1 Å². The van der Waals surface area contributed by atoms with Crippen LogP contribution in [0.2, 0.25) is 10.0 Å². The first-order valence-electron chi connectivity index (χ1n) is 6.54. The summed E-state index contributed by atoms with van der Waals surface area (Å²) in [6.07, 6.45) is 1.32. The number of benzene rings is 1. The molecule has 21 heavy (non-hydrogen) atoms. The molecule has 110 valence electrons. The van der Waals surface area contributed by atoms with Gasteiger partial charge in [-0.1, -0.05) is 29.3 Å². The number of carbonyl (C=O) groups is 1. The molecule has 6 heteroatoms. The van der Waals surface area contributed by atoms with Gasteiger partial charge < -0.3 is 4.90 Å². The Kier molecular flexibility index (Phi) is 7.61. The van der Waals surface area contributed by atoms with Crippen LogP contribution in [0.4, 0.5) is 0 Å². The van der Waals surface area contributed by atoms with Gasteiger partial charge in [0.25, 0.3) is 0 Å². The maximum Gasteiger partial charge on any atom is 0.222 e. The Morgan fingerprint density at radius 1 is 1.14 bits per heavy atom. The van der Waals surface area contributed by atoms with E-state index in [0.717, 1.165) is 5.56 Å². The van der Waals surface area contributed by atoms with E-state index in [4.69, 9.17) is 33.7 Å². The predicted octanol–water partition coefficient (Wildman–Crippen LogP) is 3.58. The lowest BCUT2D eigenvalue weighted by molar-refractivity contribution is -0.131. The summed E-state index contributed by atoms with van der Waals surface area (Å²) in [5, 5.41) is 18.3. The van der Waals surface area contributed by atoms with E-state index in [1.165, 1.54) is 0 Å². The zero-order valence-corrected chi connectivity index (χ0v) is 13.0. The zero-order valence-electron chi connectivity index (χ0n) is 11.5. The highest BCUT2D eigenvalue weighted by Crippen LogP contribution is 2.22. The maximum atomic E-state index is 12.1. The molecule has 1 aromatic rings. The van der Waals surface area contributed by atoms with Gasteiger partial charge in [0, 0.05) is 29.6 Å². The lowest BCUT2D eigenvalue weighted by Gasteiger charge is -2.20. The largest absolute Gasteiger partial charge is 0.341 e. The van der Waals surface area contributed by atoms with Crippen molar-refractivity contribution < 1.29 is 4.79 Å². The van der Waals surface area contributed by atoms with Crippen molar-refractivity contribution in [2.45, 2.75) is 25.7 Å². The summed E-state index contributed by atoms with van der Waals surface area (Å²) in [5.41, 5.74) is 0.856. The van der Waals surface area contributed by atoms with Crippen LogP contribution in [0.1, 0.15) is 24.8 Å². The highest BCUT2D eigenvalue weighted by Gasteiger charge is 2.13. The Balaban J connectivity index is 2.60. The third-order valence-electron chi connectivity index (χ3n) is 2.96. The number of hydrogen-bond donors (Lipinski definition) is 0. The number of nitrogens with zero attached hydrogens (tertiary/aromatic N) is 3. The summed E-state index contributed by atoms with van der Waals surface area (Å²) >= 11 is 11.9. The number of halogens is 2. The molecule has 0 fully saturated rings. The lowest BCUT2D eigenvalue weighted by atomic mass is 10.1. The fraction of sp³-hybridized carbons (Fsp3) is 0.400. The first-order valence-corrected chi connectivity index (χ1v) is 7.29. The summed E-state index contributed by atoms with van der Waals surface area (Å²) in [4.78, 5) is 13.7. The van der Waals surface area contributed by atoms with E-state index in [2.05, 4.69) is 0 Å². The number of aryl methyl sites for hydroxylation is 1. The van der Waals surface area contributed by atoms with Crippen molar-refractivity contribution in [3.63, 3.8) is 0 Å². The minimum absolute atomic E-state index is 0.0773. The van der Waals surface area contributed by atoms with Crippen LogP contribution in [0.25, 0.3) is 0 Å². The van der Waals surface area contributed by atoms with Gasteiger partial charge in [0.2, 0.25) is 5.91 Å². The van der Waals surface area contributed by atoms with Crippen molar-refractivity contribution in [3.05, 3.63) is 33.8 Å². The Bertz CT molecular complexity index is 557. The normalized spacial score (nSPS) is 9.71. The second-order valence-electron chi connectivity index (χ2n) is 4.43. The fourth-order valence-electron chi connectivity index (χ4n) is 1.86. The molecule has 0 aromatic heterocycles. The van der Waals surface area contributed by atoms with Gasteiger partial charge >= 0.3 is 0 Å². The molecule has 0 N–H and O–H groups in total. The monoisotopic (exact) mass is 323 g/mol. The molecule has 0 aliphatic rings. The van der Waals surface area contributed by atoms with Crippen LogP contribution in [-0.4, -0.2) is 23.9 Å². The van der Waals surface area contributed by atoms with Gasteiger partial charge in [0.15, 0.2) is 0 Å². The van der Waals surface area contributed by atoms with E-state index >= 15 is 0 Å². The molecular formula is C15H15Cl2N3O. The smallest absolute Gasteiger partial charge is 0.222 e. The van der Waals surface area contributed by atoms with E-state index in [-0.39, 0.29) is 25.2 Å². The van der Waals surface area contributed by atoms with Crippen LogP contribution in [0.15, 0.2) is 18.2 Å². The molecule has 0 radical (unpaired) electrons. The van der Waals surface area contributed by atoms with Crippen molar-refractivity contribution in [2.24, 2.45) is 0 Å². The van der Waals surface area contributed by atoms with Crippen molar-refractivity contribution in [1.29, 1.82) is 10.5 Å². The number of amides is 1. The summed E-state index contributed by atoms with van der Waals surface area (Å²) in [5.74, 6) is -0.0773. The molecule has 1 rings (SSSR count). The molecule has 0 saturated heterocycles. The minimum Gasteiger partial charge on any atom is -0.341 e. The fourth-order valence-corrected chi connectivity index (χ4v) is 2.36. The first-order chi connectivity index (χ1) is 10.1. The highest BCUT2D eigenvalue weighted by atomic mass is 35.5. The van der Waals surface area contributed by atoms with Gasteiger partial charge in [0.1, 0.15) is 0 Å². The van der Waals surface area contributed by atoms with Crippen LogP contribution in [0.3, 0.4) is 0 Å². The molecule has 1 amide bonds. The first kappa shape index (κ1) is 17.3. The molecule has 0 unspecified atom stereocenters. The average molecular weight is 324 g/mol. The SMILES string of the molecule is N#CCCN(CCC#N)C(=O)CCc1ccc(Cl)cc1Cl. The van der Waals surface area contributed by atoms with E-state index in [9.17, 15) is 4.79 Å². The van der Waals surface area contributed by atoms with Crippen LogP contribution in [0.5, 0.6) is 0 Å². The highest BCUT2D eigenvalue weighted by molar-refractivity contribution is 6.35. The summed E-state index contributed by atoms with van der Waals surface area (Å²) in [6, 6.07) is 9.19. The molecule has 0 saturated carbocycles. The molecule has 0 heterocycles. The number of rotatable bonds is 7. The Hall–Kier alpha value is -1.75. The van der Waals surface area contributed by atoms with Gasteiger partial charge in [-0.25, -0.2) is 0 Å². The van der Waals surface area contributed by atoms with Gasteiger partial charge in [-0.15, -0.1) is 0 Å². The summed E-state index contributed by atoms with van der Waals surface area (Å²) < 4.78 is 0. The van der Waals surface area contributed by atoms with Crippen molar-refractivity contribution in [3.8, 4) is 12.1 Å². The van der Waals surface area contributed by atoms with Gasteiger partial charge in [-0.2, -0.15) is 10.5 Å². The van der Waals surface area contributed by atoms with Gasteiger partial charge in [-0.05, 0) is 24.1 Å². The maximum absolute atomic E-state index is 12.1. The lowest BCUT2D eigenvalue weighted by Crippen LogP contribution is -2.32. The quantitative estimate of drug-likeness (QED) is 0.770. The second kappa shape index (κ2) is 9.23. The summed E-state index contributed by atoms with van der Waals surface area (Å²) in [6.45, 7) is 0.705.